The van der Waals surface area contributed by atoms with Gasteiger partial charge in [-0.2, -0.15) is 0 Å². The second-order valence-corrected chi connectivity index (χ2v) is 5.55. The standard InChI is InChI=1S/C15H21ClN2O3/c1-21-14-5-4-11(16)9-13(14)15(20)17-10-12-3-2-6-18(12)7-8-19/h4-5,9,12,19H,2-3,6-8,10H2,1H3,(H,17,20). The number of β-amino-alcohol motifs (C(OH)–C–C–N with tert-alkyl or cyclic N) is 1. The summed E-state index contributed by atoms with van der Waals surface area (Å²) in [4.78, 5) is 14.5. The number of carbonyl (C=O) groups is 1. The number of aliphatic hydroxyl groups is 1. The number of rotatable bonds is 6. The molecule has 0 aliphatic carbocycles. The zero-order valence-corrected chi connectivity index (χ0v) is 12.9. The molecule has 1 fully saturated rings. The molecular formula is C15H21ClN2O3. The molecule has 2 N–H and O–H groups in total. The molecule has 1 heterocycles. The summed E-state index contributed by atoms with van der Waals surface area (Å²) in [6, 6.07) is 5.27. The van der Waals surface area contributed by atoms with Crippen LogP contribution in [0, 0.1) is 0 Å². The van der Waals surface area contributed by atoms with Crippen molar-refractivity contribution in [3.8, 4) is 5.75 Å². The third kappa shape index (κ3) is 4.09. The summed E-state index contributed by atoms with van der Waals surface area (Å²) in [6.45, 7) is 2.34. The predicted molar refractivity (Wildman–Crippen MR) is 82.0 cm³/mol. The van der Waals surface area contributed by atoms with Gasteiger partial charge in [0.2, 0.25) is 0 Å². The number of likely N-dealkylation sites (tertiary alicyclic amines) is 1. The summed E-state index contributed by atoms with van der Waals surface area (Å²) in [6.07, 6.45) is 2.13. The number of benzene rings is 1. The second-order valence-electron chi connectivity index (χ2n) is 5.11. The molecule has 1 atom stereocenters. The van der Waals surface area contributed by atoms with Crippen molar-refractivity contribution in [1.29, 1.82) is 0 Å². The lowest BCUT2D eigenvalue weighted by Gasteiger charge is -2.23. The van der Waals surface area contributed by atoms with E-state index in [1.807, 2.05) is 0 Å². The third-order valence-electron chi connectivity index (χ3n) is 3.79. The number of aliphatic hydroxyl groups excluding tert-OH is 1. The Morgan fingerprint density at radius 3 is 3.10 bits per heavy atom. The number of nitrogens with zero attached hydrogens (tertiary/aromatic N) is 1. The Labute approximate surface area is 129 Å². The molecule has 0 saturated carbocycles. The maximum Gasteiger partial charge on any atom is 0.255 e. The lowest BCUT2D eigenvalue weighted by molar-refractivity contribution is 0.0934. The van der Waals surface area contributed by atoms with E-state index in [2.05, 4.69) is 10.2 Å². The minimum atomic E-state index is -0.190. The minimum absolute atomic E-state index is 0.145. The molecule has 1 saturated heterocycles. The molecule has 0 radical (unpaired) electrons. The first-order chi connectivity index (χ1) is 10.2. The van der Waals surface area contributed by atoms with Gasteiger partial charge < -0.3 is 15.2 Å². The summed E-state index contributed by atoms with van der Waals surface area (Å²) in [5.41, 5.74) is 0.441. The minimum Gasteiger partial charge on any atom is -0.496 e. The van der Waals surface area contributed by atoms with E-state index in [-0.39, 0.29) is 18.6 Å². The van der Waals surface area contributed by atoms with E-state index in [9.17, 15) is 4.79 Å². The van der Waals surface area contributed by atoms with Crippen LogP contribution in [0.1, 0.15) is 23.2 Å². The van der Waals surface area contributed by atoms with Gasteiger partial charge in [-0.25, -0.2) is 0 Å². The molecule has 116 valence electrons. The second kappa shape index (κ2) is 7.64. The van der Waals surface area contributed by atoms with Gasteiger partial charge in [-0.15, -0.1) is 0 Å². The molecule has 1 unspecified atom stereocenters. The molecule has 1 aromatic carbocycles. The summed E-state index contributed by atoms with van der Waals surface area (Å²) in [5, 5.41) is 12.5. The number of amides is 1. The molecule has 6 heteroatoms. The van der Waals surface area contributed by atoms with Gasteiger partial charge in [-0.1, -0.05) is 11.6 Å². The van der Waals surface area contributed by atoms with Gasteiger partial charge in [-0.05, 0) is 37.6 Å². The normalized spacial score (nSPS) is 18.7. The van der Waals surface area contributed by atoms with Crippen molar-refractivity contribution < 1.29 is 14.6 Å². The Hall–Kier alpha value is -1.30. The Bertz CT molecular complexity index is 496. The van der Waals surface area contributed by atoms with Crippen LogP contribution in [-0.2, 0) is 0 Å². The number of ether oxygens (including phenoxy) is 1. The maximum absolute atomic E-state index is 12.3. The first-order valence-electron chi connectivity index (χ1n) is 7.12. The van der Waals surface area contributed by atoms with Crippen LogP contribution in [0.3, 0.4) is 0 Å². The average Bonchev–Trinajstić information content (AvgIpc) is 2.92. The van der Waals surface area contributed by atoms with Crippen molar-refractivity contribution in [3.05, 3.63) is 28.8 Å². The Morgan fingerprint density at radius 2 is 2.38 bits per heavy atom. The van der Waals surface area contributed by atoms with Crippen molar-refractivity contribution in [2.24, 2.45) is 0 Å². The van der Waals surface area contributed by atoms with Gasteiger partial charge in [0.1, 0.15) is 5.75 Å². The molecule has 2 rings (SSSR count). The van der Waals surface area contributed by atoms with E-state index in [1.165, 1.54) is 7.11 Å². The van der Waals surface area contributed by atoms with Crippen molar-refractivity contribution in [3.63, 3.8) is 0 Å². The highest BCUT2D eigenvalue weighted by Crippen LogP contribution is 2.23. The summed E-state index contributed by atoms with van der Waals surface area (Å²) >= 11 is 5.94. The Kier molecular flexibility index (Phi) is 5.85. The predicted octanol–water partition coefficient (Wildman–Crippen LogP) is 1.54. The summed E-state index contributed by atoms with van der Waals surface area (Å²) in [7, 11) is 1.53. The average molecular weight is 313 g/mol. The molecular weight excluding hydrogens is 292 g/mol. The Morgan fingerprint density at radius 1 is 1.57 bits per heavy atom. The molecule has 1 aliphatic rings. The molecule has 5 nitrogen and oxygen atoms in total. The summed E-state index contributed by atoms with van der Waals surface area (Å²) in [5.74, 6) is 0.320. The molecule has 1 aromatic rings. The van der Waals surface area contributed by atoms with Crippen molar-refractivity contribution in [2.45, 2.75) is 18.9 Å². The van der Waals surface area contributed by atoms with Crippen LogP contribution >= 0.6 is 11.6 Å². The van der Waals surface area contributed by atoms with Gasteiger partial charge >= 0.3 is 0 Å². The van der Waals surface area contributed by atoms with Gasteiger partial charge in [-0.3, -0.25) is 9.69 Å². The zero-order chi connectivity index (χ0) is 15.2. The number of halogens is 1. The number of hydrogen-bond donors (Lipinski definition) is 2. The fourth-order valence-electron chi connectivity index (χ4n) is 2.71. The quantitative estimate of drug-likeness (QED) is 0.836. The zero-order valence-electron chi connectivity index (χ0n) is 12.1. The maximum atomic E-state index is 12.3. The molecule has 1 aliphatic heterocycles. The SMILES string of the molecule is COc1ccc(Cl)cc1C(=O)NCC1CCCN1CCO. The van der Waals surface area contributed by atoms with E-state index >= 15 is 0 Å². The molecule has 1 amide bonds. The fourth-order valence-corrected chi connectivity index (χ4v) is 2.88. The van der Waals surface area contributed by atoms with Crippen molar-refractivity contribution in [1.82, 2.24) is 10.2 Å². The van der Waals surface area contributed by atoms with Crippen molar-refractivity contribution >= 4 is 17.5 Å². The highest BCUT2D eigenvalue weighted by atomic mass is 35.5. The van der Waals surface area contributed by atoms with Gasteiger partial charge in [0.05, 0.1) is 19.3 Å². The number of hydrogen-bond acceptors (Lipinski definition) is 4. The third-order valence-corrected chi connectivity index (χ3v) is 4.03. The number of methoxy groups -OCH3 is 1. The van der Waals surface area contributed by atoms with Crippen LogP contribution in [-0.4, -0.2) is 55.3 Å². The number of carbonyl (C=O) groups excluding carboxylic acids is 1. The topological polar surface area (TPSA) is 61.8 Å². The number of nitrogens with one attached hydrogen (secondary N) is 1. The van der Waals surface area contributed by atoms with Crippen LogP contribution < -0.4 is 10.1 Å². The molecule has 0 bridgehead atoms. The Balaban J connectivity index is 1.97. The fraction of sp³-hybridized carbons (Fsp3) is 0.533. The molecule has 21 heavy (non-hydrogen) atoms. The highest BCUT2D eigenvalue weighted by molar-refractivity contribution is 6.31. The molecule has 0 spiro atoms. The van der Waals surface area contributed by atoms with Crippen LogP contribution in [0.2, 0.25) is 5.02 Å². The summed E-state index contributed by atoms with van der Waals surface area (Å²) < 4.78 is 5.19. The van der Waals surface area contributed by atoms with Gasteiger partial charge in [0, 0.05) is 24.2 Å². The van der Waals surface area contributed by atoms with Gasteiger partial charge in [0.25, 0.3) is 5.91 Å². The highest BCUT2D eigenvalue weighted by Gasteiger charge is 2.24. The van der Waals surface area contributed by atoms with Crippen LogP contribution in [0.4, 0.5) is 0 Å². The monoisotopic (exact) mass is 312 g/mol. The largest absolute Gasteiger partial charge is 0.496 e. The van der Waals surface area contributed by atoms with Gasteiger partial charge in [0.15, 0.2) is 0 Å². The van der Waals surface area contributed by atoms with Crippen molar-refractivity contribution in [2.75, 3.05) is 33.4 Å². The van der Waals surface area contributed by atoms with E-state index < -0.39 is 0 Å². The first-order valence-corrected chi connectivity index (χ1v) is 7.50. The van der Waals surface area contributed by atoms with Crippen LogP contribution in [0.15, 0.2) is 18.2 Å². The van der Waals surface area contributed by atoms with E-state index in [0.717, 1.165) is 19.4 Å². The van der Waals surface area contributed by atoms with E-state index in [0.29, 0.717) is 29.4 Å². The van der Waals surface area contributed by atoms with E-state index in [1.54, 1.807) is 18.2 Å². The lowest BCUT2D eigenvalue weighted by Crippen LogP contribution is -2.41. The van der Waals surface area contributed by atoms with Crippen LogP contribution in [0.5, 0.6) is 5.75 Å². The smallest absolute Gasteiger partial charge is 0.255 e. The van der Waals surface area contributed by atoms with Crippen LogP contribution in [0.25, 0.3) is 0 Å². The van der Waals surface area contributed by atoms with E-state index in [4.69, 9.17) is 21.4 Å². The first kappa shape index (κ1) is 16.1. The lowest BCUT2D eigenvalue weighted by atomic mass is 10.1. The molecule has 0 aromatic heterocycles.